The van der Waals surface area contributed by atoms with E-state index in [1.807, 2.05) is 6.07 Å². The van der Waals surface area contributed by atoms with E-state index in [0.29, 0.717) is 18.8 Å². The third-order valence-electron chi connectivity index (χ3n) is 4.71. The van der Waals surface area contributed by atoms with Crippen molar-refractivity contribution in [1.82, 2.24) is 4.90 Å². The molecule has 148 valence electrons. The molecule has 1 heterocycles. The molecule has 0 atom stereocenters. The number of carbonyl (C=O) groups is 1. The Bertz CT molecular complexity index is 863. The smallest absolute Gasteiger partial charge is 0.314 e. The molecule has 0 saturated carbocycles. The van der Waals surface area contributed by atoms with Crippen LogP contribution in [-0.4, -0.2) is 55.6 Å². The van der Waals surface area contributed by atoms with E-state index in [2.05, 4.69) is 30.0 Å². The van der Waals surface area contributed by atoms with Crippen LogP contribution in [0.25, 0.3) is 0 Å². The fourth-order valence-electron chi connectivity index (χ4n) is 3.16. The summed E-state index contributed by atoms with van der Waals surface area (Å²) in [7, 11) is 1.43. The average Bonchev–Trinajstić information content (AvgIpc) is 2.72. The summed E-state index contributed by atoms with van der Waals surface area (Å²) in [5, 5.41) is 11.2. The van der Waals surface area contributed by atoms with E-state index in [0.717, 1.165) is 18.8 Å². The Morgan fingerprint density at radius 2 is 1.89 bits per heavy atom. The molecule has 8 nitrogen and oxygen atoms in total. The van der Waals surface area contributed by atoms with Gasteiger partial charge in [-0.05, 0) is 36.8 Å². The van der Waals surface area contributed by atoms with Crippen LogP contribution in [0.3, 0.4) is 0 Å². The molecule has 8 heteroatoms. The van der Waals surface area contributed by atoms with Crippen LogP contribution in [0.5, 0.6) is 11.5 Å². The second-order valence-corrected chi connectivity index (χ2v) is 6.59. The van der Waals surface area contributed by atoms with Crippen LogP contribution in [0.1, 0.15) is 5.56 Å². The first-order valence-corrected chi connectivity index (χ1v) is 9.02. The van der Waals surface area contributed by atoms with E-state index >= 15 is 0 Å². The molecule has 0 unspecified atom stereocenters. The standard InChI is InChI=1S/C20H23N3O5/c1-15-4-3-5-16(12-15)21-8-10-22(11-9-21)20(24)14-28-19-7-6-17(27-2)13-18(19)23(25)26/h3-7,12-13H,8-11,14H2,1-2H3. The number of nitro benzene ring substituents is 1. The number of anilines is 1. The summed E-state index contributed by atoms with van der Waals surface area (Å²) in [5.41, 5.74) is 2.12. The average molecular weight is 385 g/mol. The lowest BCUT2D eigenvalue weighted by Crippen LogP contribution is -2.50. The number of amides is 1. The lowest BCUT2D eigenvalue weighted by atomic mass is 10.2. The fourth-order valence-corrected chi connectivity index (χ4v) is 3.16. The van der Waals surface area contributed by atoms with Crippen LogP contribution in [0.4, 0.5) is 11.4 Å². The number of rotatable bonds is 6. The monoisotopic (exact) mass is 385 g/mol. The first-order chi connectivity index (χ1) is 13.5. The Balaban J connectivity index is 1.56. The zero-order valence-corrected chi connectivity index (χ0v) is 16.0. The van der Waals surface area contributed by atoms with Gasteiger partial charge in [-0.25, -0.2) is 0 Å². The third-order valence-corrected chi connectivity index (χ3v) is 4.71. The quantitative estimate of drug-likeness (QED) is 0.561. The first kappa shape index (κ1) is 19.5. The van der Waals surface area contributed by atoms with E-state index in [1.54, 1.807) is 11.0 Å². The SMILES string of the molecule is COc1ccc(OCC(=O)N2CCN(c3cccc(C)c3)CC2)c([N+](=O)[O-])c1. The van der Waals surface area contributed by atoms with E-state index in [4.69, 9.17) is 9.47 Å². The highest BCUT2D eigenvalue weighted by molar-refractivity contribution is 5.78. The van der Waals surface area contributed by atoms with Crippen molar-refractivity contribution in [2.45, 2.75) is 6.92 Å². The molecule has 0 aliphatic carbocycles. The molecule has 0 aromatic heterocycles. The maximum absolute atomic E-state index is 12.5. The van der Waals surface area contributed by atoms with Crippen molar-refractivity contribution < 1.29 is 19.2 Å². The van der Waals surface area contributed by atoms with Gasteiger partial charge in [0.25, 0.3) is 5.91 Å². The van der Waals surface area contributed by atoms with Gasteiger partial charge in [-0.2, -0.15) is 0 Å². The van der Waals surface area contributed by atoms with Gasteiger partial charge in [0.1, 0.15) is 5.75 Å². The molecule has 3 rings (SSSR count). The zero-order chi connectivity index (χ0) is 20.1. The number of hydrogen-bond acceptors (Lipinski definition) is 6. The van der Waals surface area contributed by atoms with Crippen molar-refractivity contribution in [2.75, 3.05) is 44.8 Å². The largest absolute Gasteiger partial charge is 0.496 e. The maximum atomic E-state index is 12.5. The fraction of sp³-hybridized carbons (Fsp3) is 0.350. The van der Waals surface area contributed by atoms with Crippen molar-refractivity contribution in [3.8, 4) is 11.5 Å². The van der Waals surface area contributed by atoms with Gasteiger partial charge in [-0.1, -0.05) is 12.1 Å². The Labute approximate surface area is 163 Å². The van der Waals surface area contributed by atoms with Gasteiger partial charge < -0.3 is 19.3 Å². The first-order valence-electron chi connectivity index (χ1n) is 9.02. The van der Waals surface area contributed by atoms with Gasteiger partial charge in [-0.15, -0.1) is 0 Å². The molecular weight excluding hydrogens is 362 g/mol. The second kappa shape index (κ2) is 8.60. The molecule has 28 heavy (non-hydrogen) atoms. The summed E-state index contributed by atoms with van der Waals surface area (Å²) in [5.74, 6) is 0.226. The molecule has 2 aromatic carbocycles. The Morgan fingerprint density at radius 3 is 2.54 bits per heavy atom. The zero-order valence-electron chi connectivity index (χ0n) is 16.0. The summed E-state index contributed by atoms with van der Waals surface area (Å²) >= 11 is 0. The molecule has 1 saturated heterocycles. The maximum Gasteiger partial charge on any atom is 0.314 e. The van der Waals surface area contributed by atoms with E-state index < -0.39 is 4.92 Å². The summed E-state index contributed by atoms with van der Waals surface area (Å²) in [6.45, 7) is 4.45. The number of ether oxygens (including phenoxy) is 2. The van der Waals surface area contributed by atoms with E-state index in [-0.39, 0.29) is 24.0 Å². The number of benzene rings is 2. The van der Waals surface area contributed by atoms with Crippen LogP contribution in [-0.2, 0) is 4.79 Å². The molecule has 0 N–H and O–H groups in total. The van der Waals surface area contributed by atoms with Gasteiger partial charge in [0.05, 0.1) is 18.1 Å². The number of hydrogen-bond donors (Lipinski definition) is 0. The van der Waals surface area contributed by atoms with Crippen molar-refractivity contribution in [1.29, 1.82) is 0 Å². The van der Waals surface area contributed by atoms with Gasteiger partial charge in [-0.3, -0.25) is 14.9 Å². The van der Waals surface area contributed by atoms with E-state index in [9.17, 15) is 14.9 Å². The highest BCUT2D eigenvalue weighted by atomic mass is 16.6. The predicted octanol–water partition coefficient (Wildman–Crippen LogP) is 2.64. The number of carbonyl (C=O) groups excluding carboxylic acids is 1. The Morgan fingerprint density at radius 1 is 1.14 bits per heavy atom. The lowest BCUT2D eigenvalue weighted by Gasteiger charge is -2.36. The van der Waals surface area contributed by atoms with Crippen LogP contribution < -0.4 is 14.4 Å². The second-order valence-electron chi connectivity index (χ2n) is 6.59. The van der Waals surface area contributed by atoms with Crippen LogP contribution in [0.15, 0.2) is 42.5 Å². The number of piperazine rings is 1. The molecule has 1 aliphatic rings. The normalized spacial score (nSPS) is 13.9. The Hall–Kier alpha value is -3.29. The topological polar surface area (TPSA) is 85.2 Å². The van der Waals surface area contributed by atoms with Crippen LogP contribution in [0, 0.1) is 17.0 Å². The molecule has 0 spiro atoms. The highest BCUT2D eigenvalue weighted by Gasteiger charge is 2.23. The van der Waals surface area contributed by atoms with Crippen molar-refractivity contribution in [3.05, 3.63) is 58.1 Å². The molecule has 1 aliphatic heterocycles. The predicted molar refractivity (Wildman–Crippen MR) is 105 cm³/mol. The molecule has 0 radical (unpaired) electrons. The molecule has 0 bridgehead atoms. The minimum absolute atomic E-state index is 0.0533. The van der Waals surface area contributed by atoms with E-state index in [1.165, 1.54) is 24.8 Å². The van der Waals surface area contributed by atoms with Crippen molar-refractivity contribution in [3.63, 3.8) is 0 Å². The number of nitro groups is 1. The molecular formula is C20H23N3O5. The molecule has 1 fully saturated rings. The molecule has 1 amide bonds. The van der Waals surface area contributed by atoms with Gasteiger partial charge >= 0.3 is 5.69 Å². The van der Waals surface area contributed by atoms with Crippen LogP contribution in [0.2, 0.25) is 0 Å². The van der Waals surface area contributed by atoms with Gasteiger partial charge in [0.15, 0.2) is 12.4 Å². The van der Waals surface area contributed by atoms with Crippen molar-refractivity contribution in [2.24, 2.45) is 0 Å². The minimum atomic E-state index is -0.553. The summed E-state index contributed by atoms with van der Waals surface area (Å²) in [6, 6.07) is 12.6. The third kappa shape index (κ3) is 4.51. The Kier molecular flexibility index (Phi) is 5.98. The molecule has 2 aromatic rings. The summed E-state index contributed by atoms with van der Waals surface area (Å²) in [6.07, 6.45) is 0. The summed E-state index contributed by atoms with van der Waals surface area (Å²) in [4.78, 5) is 27.1. The number of nitrogens with zero attached hydrogens (tertiary/aromatic N) is 3. The van der Waals surface area contributed by atoms with Crippen molar-refractivity contribution >= 4 is 17.3 Å². The highest BCUT2D eigenvalue weighted by Crippen LogP contribution is 2.31. The van der Waals surface area contributed by atoms with Crippen LogP contribution >= 0.6 is 0 Å². The number of methoxy groups -OCH3 is 1. The number of aryl methyl sites for hydroxylation is 1. The van der Waals surface area contributed by atoms with Gasteiger partial charge in [0, 0.05) is 31.9 Å². The minimum Gasteiger partial charge on any atom is -0.496 e. The summed E-state index contributed by atoms with van der Waals surface area (Å²) < 4.78 is 10.4. The lowest BCUT2D eigenvalue weighted by molar-refractivity contribution is -0.385. The van der Waals surface area contributed by atoms with Gasteiger partial charge in [0.2, 0.25) is 0 Å².